The summed E-state index contributed by atoms with van der Waals surface area (Å²) in [5.74, 6) is 1.43. The van der Waals surface area contributed by atoms with E-state index < -0.39 is 0 Å². The summed E-state index contributed by atoms with van der Waals surface area (Å²) >= 11 is 0. The first-order chi connectivity index (χ1) is 9.07. The molecule has 0 bridgehead atoms. The average Bonchev–Trinajstić information content (AvgIpc) is 2.45. The van der Waals surface area contributed by atoms with Gasteiger partial charge in [0.15, 0.2) is 0 Å². The minimum atomic E-state index is 0.173. The SMILES string of the molecule is CCC(C)CC(CC)(CN)N(C)CC1CCCOC1. The van der Waals surface area contributed by atoms with Crippen LogP contribution in [0, 0.1) is 11.8 Å². The van der Waals surface area contributed by atoms with E-state index >= 15 is 0 Å². The van der Waals surface area contributed by atoms with Gasteiger partial charge in [-0.2, -0.15) is 0 Å². The Balaban J connectivity index is 2.62. The molecule has 1 rings (SSSR count). The summed E-state index contributed by atoms with van der Waals surface area (Å²) in [5, 5.41) is 0. The molecule has 0 aromatic rings. The van der Waals surface area contributed by atoms with Crippen LogP contribution in [0.4, 0.5) is 0 Å². The van der Waals surface area contributed by atoms with Crippen LogP contribution in [-0.4, -0.2) is 43.8 Å². The lowest BCUT2D eigenvalue weighted by molar-refractivity contribution is 0.0131. The van der Waals surface area contributed by atoms with Crippen molar-refractivity contribution in [1.29, 1.82) is 0 Å². The molecule has 1 aliphatic rings. The van der Waals surface area contributed by atoms with Gasteiger partial charge in [0, 0.05) is 25.2 Å². The monoisotopic (exact) mass is 270 g/mol. The van der Waals surface area contributed by atoms with Gasteiger partial charge in [0.1, 0.15) is 0 Å². The molecule has 0 radical (unpaired) electrons. The lowest BCUT2D eigenvalue weighted by Crippen LogP contribution is -2.54. The highest BCUT2D eigenvalue weighted by atomic mass is 16.5. The Morgan fingerprint density at radius 1 is 1.42 bits per heavy atom. The standard InChI is InChI=1S/C16H34N2O/c1-5-14(3)10-16(6-2,13-17)18(4)11-15-8-7-9-19-12-15/h14-15H,5-13,17H2,1-4H3. The summed E-state index contributed by atoms with van der Waals surface area (Å²) in [6, 6.07) is 0. The van der Waals surface area contributed by atoms with E-state index in [0.29, 0.717) is 5.92 Å². The van der Waals surface area contributed by atoms with Crippen molar-refractivity contribution in [1.82, 2.24) is 4.90 Å². The van der Waals surface area contributed by atoms with Crippen molar-refractivity contribution in [2.24, 2.45) is 17.6 Å². The summed E-state index contributed by atoms with van der Waals surface area (Å²) in [5.41, 5.74) is 6.33. The minimum Gasteiger partial charge on any atom is -0.381 e. The van der Waals surface area contributed by atoms with Crippen LogP contribution in [0.15, 0.2) is 0 Å². The normalized spacial score (nSPS) is 25.3. The molecule has 2 N–H and O–H groups in total. The smallest absolute Gasteiger partial charge is 0.0506 e. The highest BCUT2D eigenvalue weighted by molar-refractivity contribution is 4.91. The molecular formula is C16H34N2O. The molecular weight excluding hydrogens is 236 g/mol. The molecule has 1 saturated heterocycles. The molecule has 0 aromatic carbocycles. The first-order valence-corrected chi connectivity index (χ1v) is 8.07. The van der Waals surface area contributed by atoms with Crippen molar-refractivity contribution in [3.63, 3.8) is 0 Å². The molecule has 3 heteroatoms. The van der Waals surface area contributed by atoms with Crippen LogP contribution < -0.4 is 5.73 Å². The van der Waals surface area contributed by atoms with Gasteiger partial charge < -0.3 is 10.5 Å². The number of nitrogens with zero attached hydrogens (tertiary/aromatic N) is 1. The molecule has 1 heterocycles. The van der Waals surface area contributed by atoms with E-state index in [0.717, 1.165) is 38.6 Å². The van der Waals surface area contributed by atoms with E-state index in [1.54, 1.807) is 0 Å². The number of rotatable bonds is 8. The first kappa shape index (κ1) is 16.9. The molecule has 0 spiro atoms. The van der Waals surface area contributed by atoms with Gasteiger partial charge in [-0.25, -0.2) is 0 Å². The zero-order valence-electron chi connectivity index (χ0n) is 13.5. The molecule has 1 fully saturated rings. The lowest BCUT2D eigenvalue weighted by Gasteiger charge is -2.44. The number of hydrogen-bond donors (Lipinski definition) is 1. The third-order valence-corrected chi connectivity index (χ3v) is 5.06. The van der Waals surface area contributed by atoms with Gasteiger partial charge in [-0.15, -0.1) is 0 Å². The van der Waals surface area contributed by atoms with Gasteiger partial charge in [0.05, 0.1) is 6.61 Å². The van der Waals surface area contributed by atoms with Crippen molar-refractivity contribution in [2.75, 3.05) is 33.4 Å². The van der Waals surface area contributed by atoms with E-state index in [9.17, 15) is 0 Å². The maximum Gasteiger partial charge on any atom is 0.0506 e. The summed E-state index contributed by atoms with van der Waals surface area (Å²) in [7, 11) is 2.26. The maximum atomic E-state index is 6.15. The Morgan fingerprint density at radius 2 is 2.16 bits per heavy atom. The van der Waals surface area contributed by atoms with Crippen LogP contribution in [0.2, 0.25) is 0 Å². The van der Waals surface area contributed by atoms with Crippen LogP contribution in [-0.2, 0) is 4.74 Å². The van der Waals surface area contributed by atoms with Gasteiger partial charge in [-0.05, 0) is 44.6 Å². The fraction of sp³-hybridized carbons (Fsp3) is 1.00. The van der Waals surface area contributed by atoms with Crippen molar-refractivity contribution in [2.45, 2.75) is 58.4 Å². The molecule has 0 amide bonds. The maximum absolute atomic E-state index is 6.15. The molecule has 0 saturated carbocycles. The van der Waals surface area contributed by atoms with E-state index in [4.69, 9.17) is 10.5 Å². The molecule has 114 valence electrons. The Hall–Kier alpha value is -0.120. The van der Waals surface area contributed by atoms with Crippen LogP contribution in [0.25, 0.3) is 0 Å². The van der Waals surface area contributed by atoms with Gasteiger partial charge in [-0.1, -0.05) is 27.2 Å². The largest absolute Gasteiger partial charge is 0.381 e. The van der Waals surface area contributed by atoms with Crippen LogP contribution in [0.3, 0.4) is 0 Å². The quantitative estimate of drug-likeness (QED) is 0.737. The van der Waals surface area contributed by atoms with Crippen LogP contribution in [0.1, 0.15) is 52.9 Å². The number of likely N-dealkylation sites (N-methyl/N-ethyl adjacent to an activating group) is 1. The van der Waals surface area contributed by atoms with Crippen molar-refractivity contribution in [3.05, 3.63) is 0 Å². The molecule has 3 unspecified atom stereocenters. The topological polar surface area (TPSA) is 38.5 Å². The van der Waals surface area contributed by atoms with E-state index in [2.05, 4.69) is 32.7 Å². The van der Waals surface area contributed by atoms with Gasteiger partial charge in [-0.3, -0.25) is 4.90 Å². The predicted octanol–water partition coefficient (Wildman–Crippen LogP) is 2.89. The summed E-state index contributed by atoms with van der Waals surface area (Å²) < 4.78 is 5.61. The molecule has 0 aromatic heterocycles. The van der Waals surface area contributed by atoms with Gasteiger partial charge >= 0.3 is 0 Å². The zero-order chi connectivity index (χ0) is 14.3. The molecule has 0 aliphatic carbocycles. The van der Waals surface area contributed by atoms with Crippen molar-refractivity contribution >= 4 is 0 Å². The van der Waals surface area contributed by atoms with Crippen LogP contribution >= 0.6 is 0 Å². The number of nitrogens with two attached hydrogens (primary N) is 1. The summed E-state index contributed by atoms with van der Waals surface area (Å²) in [6.45, 7) is 10.7. The summed E-state index contributed by atoms with van der Waals surface area (Å²) in [4.78, 5) is 2.53. The van der Waals surface area contributed by atoms with Crippen molar-refractivity contribution < 1.29 is 4.74 Å². The minimum absolute atomic E-state index is 0.173. The van der Waals surface area contributed by atoms with Crippen LogP contribution in [0.5, 0.6) is 0 Å². The van der Waals surface area contributed by atoms with E-state index in [1.807, 2.05) is 0 Å². The van der Waals surface area contributed by atoms with Gasteiger partial charge in [0.2, 0.25) is 0 Å². The predicted molar refractivity (Wildman–Crippen MR) is 82.3 cm³/mol. The Morgan fingerprint density at radius 3 is 2.63 bits per heavy atom. The lowest BCUT2D eigenvalue weighted by atomic mass is 9.82. The second-order valence-corrected chi connectivity index (χ2v) is 6.46. The summed E-state index contributed by atoms with van der Waals surface area (Å²) in [6.07, 6.45) is 6.10. The zero-order valence-corrected chi connectivity index (χ0v) is 13.5. The number of hydrogen-bond acceptors (Lipinski definition) is 3. The van der Waals surface area contributed by atoms with Gasteiger partial charge in [0.25, 0.3) is 0 Å². The Labute approximate surface area is 119 Å². The molecule has 3 nitrogen and oxygen atoms in total. The number of ether oxygens (including phenoxy) is 1. The fourth-order valence-corrected chi connectivity index (χ4v) is 3.28. The van der Waals surface area contributed by atoms with Crippen molar-refractivity contribution in [3.8, 4) is 0 Å². The third kappa shape index (κ3) is 4.73. The Bertz CT molecular complexity index is 235. The molecule has 1 aliphatic heterocycles. The third-order valence-electron chi connectivity index (χ3n) is 5.06. The fourth-order valence-electron chi connectivity index (χ4n) is 3.28. The first-order valence-electron chi connectivity index (χ1n) is 8.07. The molecule has 3 atom stereocenters. The highest BCUT2D eigenvalue weighted by Crippen LogP contribution is 2.29. The highest BCUT2D eigenvalue weighted by Gasteiger charge is 2.34. The second kappa shape index (κ2) is 8.23. The average molecular weight is 270 g/mol. The van der Waals surface area contributed by atoms with E-state index in [1.165, 1.54) is 25.7 Å². The van der Waals surface area contributed by atoms with E-state index in [-0.39, 0.29) is 5.54 Å². The second-order valence-electron chi connectivity index (χ2n) is 6.46. The molecule has 19 heavy (non-hydrogen) atoms. The Kier molecular flexibility index (Phi) is 7.33.